The van der Waals surface area contributed by atoms with Crippen molar-refractivity contribution < 1.29 is 19.9 Å². The van der Waals surface area contributed by atoms with Crippen molar-refractivity contribution in [2.45, 2.75) is 39.5 Å². The molecule has 0 amide bonds. The van der Waals surface area contributed by atoms with Gasteiger partial charge in [-0.3, -0.25) is 0 Å². The molecule has 0 saturated carbocycles. The molecule has 0 aliphatic heterocycles. The number of para-hydroxylation sites is 2. The van der Waals surface area contributed by atoms with E-state index in [-0.39, 0.29) is 0 Å². The van der Waals surface area contributed by atoms with Crippen molar-refractivity contribution >= 4 is 0 Å². The summed E-state index contributed by atoms with van der Waals surface area (Å²) in [6.07, 6.45) is 0. The minimum absolute atomic E-state index is 0.322. The number of rotatable bonds is 7. The van der Waals surface area contributed by atoms with Gasteiger partial charge in [-0.1, -0.05) is 64.1 Å². The van der Waals surface area contributed by atoms with Gasteiger partial charge in [0.2, 0.25) is 0 Å². The highest BCUT2D eigenvalue weighted by Gasteiger charge is 2.10. The highest BCUT2D eigenvalue weighted by molar-refractivity contribution is 5.35. The topological polar surface area (TPSA) is 36.9 Å². The highest BCUT2D eigenvalue weighted by Crippen LogP contribution is 2.27. The second-order valence-corrected chi connectivity index (χ2v) is 5.69. The van der Waals surface area contributed by atoms with Crippen LogP contribution in [0.3, 0.4) is 0 Å². The fraction of sp³-hybridized carbons (Fsp3) is 0.333. The third kappa shape index (κ3) is 4.23. The zero-order chi connectivity index (χ0) is 15.9. The van der Waals surface area contributed by atoms with Crippen LogP contribution in [-0.4, -0.2) is 0 Å². The molecule has 118 valence electrons. The van der Waals surface area contributed by atoms with E-state index in [4.69, 9.17) is 19.9 Å². The molecule has 2 aromatic carbocycles. The van der Waals surface area contributed by atoms with Crippen LogP contribution in [0.5, 0.6) is 11.5 Å². The highest BCUT2D eigenvalue weighted by atomic mass is 17.7. The molecule has 0 bridgehead atoms. The molecule has 0 unspecified atom stereocenters. The van der Waals surface area contributed by atoms with E-state index in [0.717, 1.165) is 11.1 Å². The minimum atomic E-state index is 0.322. The van der Waals surface area contributed by atoms with E-state index in [1.54, 1.807) is 0 Å². The third-order valence-electron chi connectivity index (χ3n) is 3.36. The van der Waals surface area contributed by atoms with Gasteiger partial charge in [0, 0.05) is 21.2 Å². The van der Waals surface area contributed by atoms with Crippen LogP contribution in [0, 0.1) is 0 Å². The van der Waals surface area contributed by atoms with Crippen LogP contribution in [0.25, 0.3) is 0 Å². The summed E-state index contributed by atoms with van der Waals surface area (Å²) in [5, 5.41) is 9.45. The van der Waals surface area contributed by atoms with Crippen molar-refractivity contribution in [1.29, 1.82) is 0 Å². The van der Waals surface area contributed by atoms with E-state index in [1.807, 2.05) is 48.5 Å². The van der Waals surface area contributed by atoms with Crippen LogP contribution in [0.15, 0.2) is 48.5 Å². The van der Waals surface area contributed by atoms with Gasteiger partial charge in [0.15, 0.2) is 11.5 Å². The first-order valence-electron chi connectivity index (χ1n) is 7.45. The summed E-state index contributed by atoms with van der Waals surface area (Å²) in [6.45, 7) is 8.33. The van der Waals surface area contributed by atoms with Gasteiger partial charge in [-0.05, 0) is 24.0 Å². The second kappa shape index (κ2) is 7.82. The molecule has 0 aliphatic carbocycles. The van der Waals surface area contributed by atoms with Crippen molar-refractivity contribution in [2.24, 2.45) is 0 Å². The standard InChI is InChI=1S/C18H22O4/c1-13(2)15-9-5-7-11-17(15)19-21-22-20-18-12-8-6-10-16(18)14(3)4/h5-14H,1-4H3. The maximum atomic E-state index is 5.17. The Morgan fingerprint density at radius 3 is 1.32 bits per heavy atom. The van der Waals surface area contributed by atoms with Gasteiger partial charge < -0.3 is 9.78 Å². The van der Waals surface area contributed by atoms with Crippen LogP contribution in [-0.2, 0) is 10.1 Å². The molecule has 0 radical (unpaired) electrons. The smallest absolute Gasteiger partial charge is 0.172 e. The predicted octanol–water partition coefficient (Wildman–Crippen LogP) is 5.17. The Kier molecular flexibility index (Phi) is 5.81. The zero-order valence-corrected chi connectivity index (χ0v) is 13.4. The molecule has 2 aromatic rings. The molecule has 0 aliphatic rings. The van der Waals surface area contributed by atoms with Crippen molar-refractivity contribution in [3.63, 3.8) is 0 Å². The van der Waals surface area contributed by atoms with Crippen molar-refractivity contribution in [3.05, 3.63) is 59.7 Å². The quantitative estimate of drug-likeness (QED) is 0.402. The first kappa shape index (κ1) is 16.3. The summed E-state index contributed by atoms with van der Waals surface area (Å²) in [6, 6.07) is 15.3. The van der Waals surface area contributed by atoms with Gasteiger partial charge in [-0.15, -0.1) is 0 Å². The molecular weight excluding hydrogens is 280 g/mol. The number of benzene rings is 2. The summed E-state index contributed by atoms with van der Waals surface area (Å²) in [5.41, 5.74) is 2.07. The molecule has 0 saturated heterocycles. The fourth-order valence-electron chi connectivity index (χ4n) is 2.17. The largest absolute Gasteiger partial charge is 0.305 e. The Morgan fingerprint density at radius 2 is 0.955 bits per heavy atom. The SMILES string of the molecule is CC(C)c1ccccc1OOOOc1ccccc1C(C)C. The van der Waals surface area contributed by atoms with Crippen LogP contribution in [0.1, 0.15) is 50.7 Å². The van der Waals surface area contributed by atoms with Gasteiger partial charge >= 0.3 is 0 Å². The van der Waals surface area contributed by atoms with Gasteiger partial charge in [-0.2, -0.15) is 0 Å². The fourth-order valence-corrected chi connectivity index (χ4v) is 2.17. The average molecular weight is 302 g/mol. The lowest BCUT2D eigenvalue weighted by molar-refractivity contribution is -0.576. The average Bonchev–Trinajstić information content (AvgIpc) is 2.52. The van der Waals surface area contributed by atoms with E-state index < -0.39 is 0 Å². The molecule has 0 aromatic heterocycles. The Labute approximate surface area is 131 Å². The van der Waals surface area contributed by atoms with Gasteiger partial charge in [0.1, 0.15) is 0 Å². The monoisotopic (exact) mass is 302 g/mol. The van der Waals surface area contributed by atoms with Crippen molar-refractivity contribution in [1.82, 2.24) is 0 Å². The molecule has 0 heterocycles. The van der Waals surface area contributed by atoms with E-state index in [1.165, 1.54) is 0 Å². The van der Waals surface area contributed by atoms with Crippen LogP contribution >= 0.6 is 0 Å². The molecular formula is C18H22O4. The summed E-state index contributed by atoms with van der Waals surface area (Å²) < 4.78 is 0. The maximum Gasteiger partial charge on any atom is 0.172 e. The van der Waals surface area contributed by atoms with Gasteiger partial charge in [-0.25, -0.2) is 0 Å². The number of hydrogen-bond acceptors (Lipinski definition) is 4. The summed E-state index contributed by atoms with van der Waals surface area (Å²) in [7, 11) is 0. The maximum absolute atomic E-state index is 5.17. The van der Waals surface area contributed by atoms with E-state index in [2.05, 4.69) is 27.7 Å². The summed E-state index contributed by atoms with van der Waals surface area (Å²) >= 11 is 0. The van der Waals surface area contributed by atoms with E-state index in [0.29, 0.717) is 23.3 Å². The first-order chi connectivity index (χ1) is 10.6. The van der Waals surface area contributed by atoms with Crippen LogP contribution < -0.4 is 9.78 Å². The molecule has 22 heavy (non-hydrogen) atoms. The summed E-state index contributed by atoms with van der Waals surface area (Å²) in [4.78, 5) is 10.3. The molecule has 0 atom stereocenters. The Hall–Kier alpha value is -2.04. The van der Waals surface area contributed by atoms with Gasteiger partial charge in [0.05, 0.1) is 0 Å². The lowest BCUT2D eigenvalue weighted by atomic mass is 10.0. The second-order valence-electron chi connectivity index (χ2n) is 5.69. The lowest BCUT2D eigenvalue weighted by Gasteiger charge is -2.12. The van der Waals surface area contributed by atoms with E-state index in [9.17, 15) is 0 Å². The molecule has 2 rings (SSSR count). The Bertz CT molecular complexity index is 540. The number of hydrogen-bond donors (Lipinski definition) is 0. The van der Waals surface area contributed by atoms with Gasteiger partial charge in [0.25, 0.3) is 0 Å². The molecule has 0 N–H and O–H groups in total. The first-order valence-corrected chi connectivity index (χ1v) is 7.45. The normalized spacial score (nSPS) is 11.0. The van der Waals surface area contributed by atoms with Crippen molar-refractivity contribution in [3.8, 4) is 11.5 Å². The molecule has 0 fully saturated rings. The van der Waals surface area contributed by atoms with Crippen molar-refractivity contribution in [2.75, 3.05) is 0 Å². The molecule has 4 nitrogen and oxygen atoms in total. The Morgan fingerprint density at radius 1 is 0.591 bits per heavy atom. The van der Waals surface area contributed by atoms with E-state index >= 15 is 0 Å². The minimum Gasteiger partial charge on any atom is -0.305 e. The van der Waals surface area contributed by atoms with Crippen LogP contribution in [0.4, 0.5) is 0 Å². The molecule has 0 spiro atoms. The predicted molar refractivity (Wildman–Crippen MR) is 84.5 cm³/mol. The third-order valence-corrected chi connectivity index (χ3v) is 3.36. The summed E-state index contributed by atoms with van der Waals surface area (Å²) in [5.74, 6) is 1.86. The molecule has 4 heteroatoms. The van der Waals surface area contributed by atoms with Crippen LogP contribution in [0.2, 0.25) is 0 Å². The lowest BCUT2D eigenvalue weighted by Crippen LogP contribution is -2.06. The Balaban J connectivity index is 1.91. The zero-order valence-electron chi connectivity index (χ0n) is 13.4.